The molecule has 0 bridgehead atoms. The highest BCUT2D eigenvalue weighted by molar-refractivity contribution is 5.59. The van der Waals surface area contributed by atoms with Crippen molar-refractivity contribution in [2.24, 2.45) is 0 Å². The van der Waals surface area contributed by atoms with Gasteiger partial charge < -0.3 is 10.2 Å². The van der Waals surface area contributed by atoms with Crippen LogP contribution in [0.25, 0.3) is 0 Å². The molecule has 1 N–H and O–H groups in total. The van der Waals surface area contributed by atoms with Gasteiger partial charge in [0, 0.05) is 24.7 Å². The van der Waals surface area contributed by atoms with Crippen LogP contribution in [0.5, 0.6) is 0 Å². The van der Waals surface area contributed by atoms with E-state index in [0.717, 1.165) is 36.1 Å². The second-order valence-corrected chi connectivity index (χ2v) is 4.93. The third-order valence-corrected chi connectivity index (χ3v) is 3.30. The lowest BCUT2D eigenvalue weighted by atomic mass is 10.2. The number of nitriles is 1. The van der Waals surface area contributed by atoms with Gasteiger partial charge in [-0.3, -0.25) is 0 Å². The molecule has 0 atom stereocenters. The van der Waals surface area contributed by atoms with Crippen LogP contribution in [0.1, 0.15) is 37.6 Å². The molecule has 5 nitrogen and oxygen atoms in total. The molecule has 5 heteroatoms. The minimum absolute atomic E-state index is 0.537. The van der Waals surface area contributed by atoms with E-state index >= 15 is 0 Å². The van der Waals surface area contributed by atoms with Gasteiger partial charge in [-0.05, 0) is 33.6 Å². The standard InChI is InChI=1S/C14H21N5/c1-4-16-13-10(2)14(18-11(3)17-13)19(9-5-8-15)12-6-7-12/h12H,4-7,9H2,1-3H3,(H,16,17,18). The lowest BCUT2D eigenvalue weighted by Gasteiger charge is -2.25. The molecule has 1 aliphatic carbocycles. The van der Waals surface area contributed by atoms with E-state index in [-0.39, 0.29) is 0 Å². The summed E-state index contributed by atoms with van der Waals surface area (Å²) >= 11 is 0. The van der Waals surface area contributed by atoms with Crippen molar-refractivity contribution < 1.29 is 0 Å². The van der Waals surface area contributed by atoms with E-state index in [0.29, 0.717) is 12.5 Å². The molecule has 0 spiro atoms. The maximum atomic E-state index is 8.81. The Balaban J connectivity index is 2.32. The van der Waals surface area contributed by atoms with Crippen molar-refractivity contribution in [2.75, 3.05) is 23.3 Å². The fourth-order valence-electron chi connectivity index (χ4n) is 2.25. The topological polar surface area (TPSA) is 64.8 Å². The molecule has 0 amide bonds. The molecule has 0 aliphatic heterocycles. The van der Waals surface area contributed by atoms with Crippen LogP contribution in [0, 0.1) is 25.2 Å². The third kappa shape index (κ3) is 3.14. The zero-order valence-corrected chi connectivity index (χ0v) is 11.9. The van der Waals surface area contributed by atoms with Gasteiger partial charge in [0.05, 0.1) is 12.5 Å². The number of hydrogen-bond donors (Lipinski definition) is 1. The quantitative estimate of drug-likeness (QED) is 0.850. The van der Waals surface area contributed by atoms with Crippen molar-refractivity contribution in [1.29, 1.82) is 5.26 Å². The minimum atomic E-state index is 0.537. The molecule has 1 aromatic heterocycles. The first kappa shape index (κ1) is 13.6. The minimum Gasteiger partial charge on any atom is -0.370 e. The Bertz CT molecular complexity index is 487. The molecule has 1 fully saturated rings. The van der Waals surface area contributed by atoms with E-state index in [4.69, 9.17) is 5.26 Å². The smallest absolute Gasteiger partial charge is 0.137 e. The first-order chi connectivity index (χ1) is 9.17. The van der Waals surface area contributed by atoms with Crippen molar-refractivity contribution in [3.63, 3.8) is 0 Å². The molecule has 0 radical (unpaired) electrons. The summed E-state index contributed by atoms with van der Waals surface area (Å²) in [7, 11) is 0. The monoisotopic (exact) mass is 259 g/mol. The van der Waals surface area contributed by atoms with E-state index in [1.54, 1.807) is 0 Å². The van der Waals surface area contributed by atoms with Crippen molar-refractivity contribution in [2.45, 2.75) is 46.1 Å². The van der Waals surface area contributed by atoms with Crippen LogP contribution < -0.4 is 10.2 Å². The Hall–Kier alpha value is -1.83. The Labute approximate surface area is 114 Å². The molecule has 1 aromatic rings. The van der Waals surface area contributed by atoms with Gasteiger partial charge in [0.15, 0.2) is 0 Å². The van der Waals surface area contributed by atoms with Gasteiger partial charge in [-0.25, -0.2) is 9.97 Å². The lowest BCUT2D eigenvalue weighted by molar-refractivity contribution is 0.766. The molecule has 19 heavy (non-hydrogen) atoms. The molecular formula is C14H21N5. The predicted molar refractivity (Wildman–Crippen MR) is 76.3 cm³/mol. The van der Waals surface area contributed by atoms with E-state index < -0.39 is 0 Å². The molecular weight excluding hydrogens is 238 g/mol. The highest BCUT2D eigenvalue weighted by atomic mass is 15.2. The van der Waals surface area contributed by atoms with Gasteiger partial charge in [0.2, 0.25) is 0 Å². The molecule has 0 unspecified atom stereocenters. The van der Waals surface area contributed by atoms with E-state index in [9.17, 15) is 0 Å². The summed E-state index contributed by atoms with van der Waals surface area (Å²) in [6, 6.07) is 2.78. The van der Waals surface area contributed by atoms with E-state index in [2.05, 4.69) is 40.1 Å². The van der Waals surface area contributed by atoms with E-state index in [1.807, 2.05) is 6.92 Å². The molecule has 1 heterocycles. The number of anilines is 2. The largest absolute Gasteiger partial charge is 0.370 e. The van der Waals surface area contributed by atoms with Crippen LogP contribution in [0.15, 0.2) is 0 Å². The normalized spacial score (nSPS) is 14.0. The number of hydrogen-bond acceptors (Lipinski definition) is 5. The number of aryl methyl sites for hydroxylation is 1. The Morgan fingerprint density at radius 3 is 2.68 bits per heavy atom. The van der Waals surface area contributed by atoms with Gasteiger partial charge in [-0.1, -0.05) is 0 Å². The van der Waals surface area contributed by atoms with E-state index in [1.165, 1.54) is 12.8 Å². The highest BCUT2D eigenvalue weighted by Gasteiger charge is 2.31. The number of nitrogens with zero attached hydrogens (tertiary/aromatic N) is 4. The fraction of sp³-hybridized carbons (Fsp3) is 0.643. The average molecular weight is 259 g/mol. The van der Waals surface area contributed by atoms with Gasteiger partial charge in [0.1, 0.15) is 17.5 Å². The summed E-state index contributed by atoms with van der Waals surface area (Å²) in [5.41, 5.74) is 1.08. The van der Waals surface area contributed by atoms with Crippen LogP contribution in [0.3, 0.4) is 0 Å². The zero-order valence-electron chi connectivity index (χ0n) is 11.9. The SMILES string of the molecule is CCNc1nc(C)nc(N(CCC#N)C2CC2)c1C. The maximum absolute atomic E-state index is 8.81. The summed E-state index contributed by atoms with van der Waals surface area (Å²) in [5.74, 6) is 2.67. The second kappa shape index (κ2) is 5.87. The number of nitrogens with one attached hydrogen (secondary N) is 1. The van der Waals surface area contributed by atoms with Gasteiger partial charge in [-0.2, -0.15) is 5.26 Å². The lowest BCUT2D eigenvalue weighted by Crippen LogP contribution is -2.29. The van der Waals surface area contributed by atoms with Crippen LogP contribution in [-0.2, 0) is 0 Å². The Morgan fingerprint density at radius 1 is 1.37 bits per heavy atom. The molecule has 102 valence electrons. The Morgan fingerprint density at radius 2 is 2.11 bits per heavy atom. The highest BCUT2D eigenvalue weighted by Crippen LogP contribution is 2.34. The molecule has 2 rings (SSSR count). The third-order valence-electron chi connectivity index (χ3n) is 3.30. The number of aromatic nitrogens is 2. The van der Waals surface area contributed by atoms with Gasteiger partial charge >= 0.3 is 0 Å². The van der Waals surface area contributed by atoms with Gasteiger partial charge in [0.25, 0.3) is 0 Å². The molecule has 1 saturated carbocycles. The van der Waals surface area contributed by atoms with Gasteiger partial charge in [-0.15, -0.1) is 0 Å². The van der Waals surface area contributed by atoms with Crippen molar-refractivity contribution >= 4 is 11.6 Å². The summed E-state index contributed by atoms with van der Waals surface area (Å²) in [6.07, 6.45) is 2.93. The second-order valence-electron chi connectivity index (χ2n) is 4.93. The summed E-state index contributed by atoms with van der Waals surface area (Å²) in [5, 5.41) is 12.1. The number of rotatable bonds is 6. The zero-order chi connectivity index (χ0) is 13.8. The van der Waals surface area contributed by atoms with Crippen LogP contribution in [0.4, 0.5) is 11.6 Å². The van der Waals surface area contributed by atoms with Crippen molar-refractivity contribution in [3.05, 3.63) is 11.4 Å². The summed E-state index contributed by atoms with van der Waals surface area (Å²) in [4.78, 5) is 11.3. The maximum Gasteiger partial charge on any atom is 0.137 e. The predicted octanol–water partition coefficient (Wildman–Crippen LogP) is 2.41. The average Bonchev–Trinajstić information content (AvgIpc) is 3.20. The molecule has 0 aromatic carbocycles. The van der Waals surface area contributed by atoms with Crippen LogP contribution in [-0.4, -0.2) is 29.1 Å². The summed E-state index contributed by atoms with van der Waals surface area (Å²) < 4.78 is 0. The summed E-state index contributed by atoms with van der Waals surface area (Å²) in [6.45, 7) is 7.63. The van der Waals surface area contributed by atoms with Crippen LogP contribution >= 0.6 is 0 Å². The van der Waals surface area contributed by atoms with Crippen molar-refractivity contribution in [3.8, 4) is 6.07 Å². The first-order valence-electron chi connectivity index (χ1n) is 6.90. The first-order valence-corrected chi connectivity index (χ1v) is 6.90. The Kier molecular flexibility index (Phi) is 4.20. The van der Waals surface area contributed by atoms with Crippen molar-refractivity contribution in [1.82, 2.24) is 9.97 Å². The molecule has 0 saturated heterocycles. The molecule has 1 aliphatic rings. The fourth-order valence-corrected chi connectivity index (χ4v) is 2.25. The van der Waals surface area contributed by atoms with Crippen LogP contribution in [0.2, 0.25) is 0 Å².